The van der Waals surface area contributed by atoms with Gasteiger partial charge in [0, 0.05) is 0 Å². The first-order chi connectivity index (χ1) is 5.18. The van der Waals surface area contributed by atoms with Crippen molar-refractivity contribution in [2.45, 2.75) is 26.7 Å². The van der Waals surface area contributed by atoms with Gasteiger partial charge in [0.15, 0.2) is 0 Å². The van der Waals surface area contributed by atoms with Crippen LogP contribution in [0.1, 0.15) is 26.7 Å². The van der Waals surface area contributed by atoms with Gasteiger partial charge in [-0.3, -0.25) is 0 Å². The van der Waals surface area contributed by atoms with E-state index >= 15 is 0 Å². The molecule has 0 rings (SSSR count). The summed E-state index contributed by atoms with van der Waals surface area (Å²) in [4.78, 5) is 0. The lowest BCUT2D eigenvalue weighted by atomic mass is 9.83. The average Bonchev–Trinajstić information content (AvgIpc) is 1.88. The third kappa shape index (κ3) is 3.82. The lowest BCUT2D eigenvalue weighted by molar-refractivity contribution is 0.440. The topological polar surface area (TPSA) is 0 Å². The van der Waals surface area contributed by atoms with Crippen LogP contribution >= 0.6 is 0 Å². The molecule has 0 aromatic heterocycles. The van der Waals surface area contributed by atoms with Gasteiger partial charge in [0.1, 0.15) is 0 Å². The molecule has 0 heteroatoms. The minimum absolute atomic E-state index is 0.234. The maximum absolute atomic E-state index is 3.74. The molecule has 0 bridgehead atoms. The molecule has 0 saturated carbocycles. The number of hydrogen-bond donors (Lipinski definition) is 0. The third-order valence-electron chi connectivity index (χ3n) is 1.79. The first-order valence-electron chi connectivity index (χ1n) is 4.04. The molecule has 0 fully saturated rings. The molecule has 0 aliphatic carbocycles. The van der Waals surface area contributed by atoms with Gasteiger partial charge in [-0.2, -0.15) is 0 Å². The first kappa shape index (κ1) is 10.2. The first-order valence-corrected chi connectivity index (χ1v) is 4.04. The molecule has 0 unspecified atom stereocenters. The van der Waals surface area contributed by atoms with Crippen molar-refractivity contribution < 1.29 is 0 Å². The maximum Gasteiger partial charge on any atom is -0.00779 e. The molecule has 11 heavy (non-hydrogen) atoms. The fraction of sp³-hybridized carbons (Fsp3) is 0.455. The van der Waals surface area contributed by atoms with Gasteiger partial charge in [-0.1, -0.05) is 31.2 Å². The van der Waals surface area contributed by atoms with Gasteiger partial charge in [0.05, 0.1) is 0 Å². The SMILES string of the molecule is C=CCC(C)(C=CC)CC=C. The van der Waals surface area contributed by atoms with Gasteiger partial charge in [-0.15, -0.1) is 13.2 Å². The van der Waals surface area contributed by atoms with E-state index in [1.54, 1.807) is 0 Å². The summed E-state index contributed by atoms with van der Waals surface area (Å²) < 4.78 is 0. The van der Waals surface area contributed by atoms with Crippen LogP contribution in [0.2, 0.25) is 0 Å². The van der Waals surface area contributed by atoms with Crippen LogP contribution < -0.4 is 0 Å². The molecule has 0 aliphatic heterocycles. The Morgan fingerprint density at radius 2 is 1.64 bits per heavy atom. The van der Waals surface area contributed by atoms with E-state index < -0.39 is 0 Å². The summed E-state index contributed by atoms with van der Waals surface area (Å²) >= 11 is 0. The number of allylic oxidation sites excluding steroid dienone is 4. The van der Waals surface area contributed by atoms with Gasteiger partial charge in [-0.05, 0) is 25.2 Å². The Hall–Kier alpha value is -0.780. The van der Waals surface area contributed by atoms with E-state index in [2.05, 4.69) is 32.2 Å². The van der Waals surface area contributed by atoms with Crippen molar-refractivity contribution in [3.05, 3.63) is 37.5 Å². The predicted octanol–water partition coefficient (Wildman–Crippen LogP) is 3.72. The van der Waals surface area contributed by atoms with E-state index in [1.165, 1.54) is 0 Å². The van der Waals surface area contributed by atoms with Crippen LogP contribution in [0.3, 0.4) is 0 Å². The van der Waals surface area contributed by atoms with Crippen LogP contribution in [0, 0.1) is 5.41 Å². The van der Waals surface area contributed by atoms with E-state index in [0.29, 0.717) is 0 Å². The molecule has 0 nitrogen and oxygen atoms in total. The van der Waals surface area contributed by atoms with E-state index in [0.717, 1.165) is 12.8 Å². The van der Waals surface area contributed by atoms with E-state index in [-0.39, 0.29) is 5.41 Å². The van der Waals surface area contributed by atoms with Crippen LogP contribution in [-0.4, -0.2) is 0 Å². The smallest absolute Gasteiger partial charge is 0.00779 e. The maximum atomic E-state index is 3.74. The molecule has 0 aromatic carbocycles. The zero-order valence-corrected chi connectivity index (χ0v) is 7.64. The summed E-state index contributed by atoms with van der Waals surface area (Å²) in [6, 6.07) is 0. The predicted molar refractivity (Wildman–Crippen MR) is 52.5 cm³/mol. The molecule has 0 spiro atoms. The summed E-state index contributed by atoms with van der Waals surface area (Å²) in [5.74, 6) is 0. The zero-order chi connectivity index (χ0) is 8.74. The van der Waals surface area contributed by atoms with Crippen LogP contribution in [-0.2, 0) is 0 Å². The lowest BCUT2D eigenvalue weighted by Crippen LogP contribution is -2.10. The number of rotatable bonds is 5. The van der Waals surface area contributed by atoms with Gasteiger partial charge < -0.3 is 0 Å². The standard InChI is InChI=1S/C11H18/c1-5-8-11(4,9-6-2)10-7-3/h5-7,10H,1-2,8-9H2,3-4H3. The minimum Gasteiger partial charge on any atom is -0.103 e. The molecule has 0 atom stereocenters. The molecular formula is C11H18. The molecule has 0 amide bonds. The summed E-state index contributed by atoms with van der Waals surface area (Å²) in [5.41, 5.74) is 0.234. The monoisotopic (exact) mass is 150 g/mol. The molecule has 0 aliphatic rings. The fourth-order valence-electron chi connectivity index (χ4n) is 1.28. The van der Waals surface area contributed by atoms with Crippen molar-refractivity contribution in [2.75, 3.05) is 0 Å². The minimum atomic E-state index is 0.234. The van der Waals surface area contributed by atoms with Crippen molar-refractivity contribution in [3.63, 3.8) is 0 Å². The Labute approximate surface area is 70.3 Å². The lowest BCUT2D eigenvalue weighted by Gasteiger charge is -2.22. The van der Waals surface area contributed by atoms with Crippen LogP contribution in [0.15, 0.2) is 37.5 Å². The molecular weight excluding hydrogens is 132 g/mol. The highest BCUT2D eigenvalue weighted by Gasteiger charge is 2.15. The molecule has 0 saturated heterocycles. The van der Waals surface area contributed by atoms with Crippen molar-refractivity contribution >= 4 is 0 Å². The Bertz CT molecular complexity index is 141. The van der Waals surface area contributed by atoms with E-state index in [1.807, 2.05) is 19.1 Å². The largest absolute Gasteiger partial charge is 0.103 e. The average molecular weight is 150 g/mol. The molecule has 0 N–H and O–H groups in total. The highest BCUT2D eigenvalue weighted by Crippen LogP contribution is 2.28. The van der Waals surface area contributed by atoms with Crippen LogP contribution in [0.5, 0.6) is 0 Å². The molecule has 0 aromatic rings. The van der Waals surface area contributed by atoms with Crippen molar-refractivity contribution in [3.8, 4) is 0 Å². The fourth-order valence-corrected chi connectivity index (χ4v) is 1.28. The highest BCUT2D eigenvalue weighted by atomic mass is 14.2. The second-order valence-electron chi connectivity index (χ2n) is 3.14. The molecule has 0 heterocycles. The Balaban J connectivity index is 4.22. The van der Waals surface area contributed by atoms with E-state index in [9.17, 15) is 0 Å². The van der Waals surface area contributed by atoms with E-state index in [4.69, 9.17) is 0 Å². The quantitative estimate of drug-likeness (QED) is 0.524. The second-order valence-corrected chi connectivity index (χ2v) is 3.14. The molecule has 62 valence electrons. The van der Waals surface area contributed by atoms with Gasteiger partial charge >= 0.3 is 0 Å². The van der Waals surface area contributed by atoms with Crippen molar-refractivity contribution in [1.82, 2.24) is 0 Å². The van der Waals surface area contributed by atoms with Crippen LogP contribution in [0.4, 0.5) is 0 Å². The summed E-state index contributed by atoms with van der Waals surface area (Å²) in [7, 11) is 0. The van der Waals surface area contributed by atoms with Crippen LogP contribution in [0.25, 0.3) is 0 Å². The second kappa shape index (κ2) is 4.95. The summed E-state index contributed by atoms with van der Waals surface area (Å²) in [5, 5.41) is 0. The summed E-state index contributed by atoms with van der Waals surface area (Å²) in [6.07, 6.45) is 10.3. The van der Waals surface area contributed by atoms with Gasteiger partial charge in [0.25, 0.3) is 0 Å². The van der Waals surface area contributed by atoms with Gasteiger partial charge in [-0.25, -0.2) is 0 Å². The van der Waals surface area contributed by atoms with Crippen molar-refractivity contribution in [2.24, 2.45) is 5.41 Å². The molecule has 0 radical (unpaired) electrons. The van der Waals surface area contributed by atoms with Gasteiger partial charge in [0.2, 0.25) is 0 Å². The summed E-state index contributed by atoms with van der Waals surface area (Å²) in [6.45, 7) is 11.7. The van der Waals surface area contributed by atoms with Crippen molar-refractivity contribution in [1.29, 1.82) is 0 Å². The number of hydrogen-bond acceptors (Lipinski definition) is 0. The zero-order valence-electron chi connectivity index (χ0n) is 7.64. The Morgan fingerprint density at radius 1 is 1.18 bits per heavy atom. The Morgan fingerprint density at radius 3 is 1.91 bits per heavy atom. The third-order valence-corrected chi connectivity index (χ3v) is 1.79. The normalized spacial score (nSPS) is 11.8. The Kier molecular flexibility index (Phi) is 4.60. The highest BCUT2D eigenvalue weighted by molar-refractivity contribution is 5.01.